The zero-order valence-corrected chi connectivity index (χ0v) is 13.0. The number of benzene rings is 1. The molecule has 0 aliphatic carbocycles. The summed E-state index contributed by atoms with van der Waals surface area (Å²) in [5, 5.41) is 4.19. The molecule has 1 aromatic carbocycles. The molecule has 108 valence electrons. The number of ether oxygens (including phenoxy) is 2. The summed E-state index contributed by atoms with van der Waals surface area (Å²) in [5.41, 5.74) is 1.06. The van der Waals surface area contributed by atoms with Crippen LogP contribution < -0.4 is 5.32 Å². The van der Waals surface area contributed by atoms with Crippen molar-refractivity contribution in [2.75, 3.05) is 26.9 Å². The quantitative estimate of drug-likeness (QED) is 0.779. The van der Waals surface area contributed by atoms with Gasteiger partial charge in [-0.25, -0.2) is 0 Å². The van der Waals surface area contributed by atoms with E-state index < -0.39 is 0 Å². The summed E-state index contributed by atoms with van der Waals surface area (Å²) in [5.74, 6) is 0. The van der Waals surface area contributed by atoms with Gasteiger partial charge in [-0.3, -0.25) is 0 Å². The van der Waals surface area contributed by atoms with Crippen molar-refractivity contribution in [1.29, 1.82) is 0 Å². The van der Waals surface area contributed by atoms with Crippen molar-refractivity contribution in [2.24, 2.45) is 0 Å². The van der Waals surface area contributed by atoms with Gasteiger partial charge >= 0.3 is 0 Å². The van der Waals surface area contributed by atoms with E-state index in [0.29, 0.717) is 13.2 Å². The molecule has 0 heterocycles. The Bertz CT molecular complexity index is 377. The van der Waals surface area contributed by atoms with E-state index in [1.165, 1.54) is 0 Å². The van der Waals surface area contributed by atoms with Crippen molar-refractivity contribution in [1.82, 2.24) is 5.32 Å². The Labute approximate surface area is 121 Å². The van der Waals surface area contributed by atoms with Gasteiger partial charge in [-0.15, -0.1) is 0 Å². The van der Waals surface area contributed by atoms with Crippen molar-refractivity contribution in [3.05, 3.63) is 34.9 Å². The van der Waals surface area contributed by atoms with Gasteiger partial charge in [0.1, 0.15) is 0 Å². The smallest absolute Gasteiger partial charge is 0.0964 e. The summed E-state index contributed by atoms with van der Waals surface area (Å²) in [4.78, 5) is 0. The fraction of sp³-hybridized carbons (Fsp3) is 0.600. The average molecular weight is 286 g/mol. The second kappa shape index (κ2) is 7.85. The van der Waals surface area contributed by atoms with Crippen molar-refractivity contribution in [2.45, 2.75) is 32.4 Å². The van der Waals surface area contributed by atoms with E-state index in [4.69, 9.17) is 21.1 Å². The van der Waals surface area contributed by atoms with Crippen LogP contribution in [0.1, 0.15) is 32.4 Å². The molecule has 1 rings (SSSR count). The molecule has 0 amide bonds. The largest absolute Gasteiger partial charge is 0.382 e. The number of methoxy groups -OCH3 is 1. The van der Waals surface area contributed by atoms with Crippen molar-refractivity contribution in [3.8, 4) is 0 Å². The lowest BCUT2D eigenvalue weighted by Gasteiger charge is -2.26. The molecule has 1 unspecified atom stereocenters. The predicted molar refractivity (Wildman–Crippen MR) is 79.8 cm³/mol. The molecule has 19 heavy (non-hydrogen) atoms. The molecule has 0 saturated carbocycles. The summed E-state index contributed by atoms with van der Waals surface area (Å²) in [6.07, 6.45) is -0.0666. The van der Waals surface area contributed by atoms with E-state index in [-0.39, 0.29) is 11.6 Å². The SMILES string of the molecule is COCCOC(CNC(C)(C)C)c1ccccc1Cl. The Morgan fingerprint density at radius 3 is 2.47 bits per heavy atom. The number of rotatable bonds is 7. The van der Waals surface area contributed by atoms with Gasteiger partial charge in [-0.05, 0) is 26.8 Å². The fourth-order valence-corrected chi connectivity index (χ4v) is 1.92. The number of halogens is 1. The van der Waals surface area contributed by atoms with Crippen LogP contribution in [-0.4, -0.2) is 32.4 Å². The molecule has 0 saturated heterocycles. The van der Waals surface area contributed by atoms with Gasteiger partial charge in [0, 0.05) is 29.8 Å². The summed E-state index contributed by atoms with van der Waals surface area (Å²) in [6.45, 7) is 8.25. The summed E-state index contributed by atoms with van der Waals surface area (Å²) < 4.78 is 10.9. The van der Waals surface area contributed by atoms with Crippen LogP contribution in [0.15, 0.2) is 24.3 Å². The lowest BCUT2D eigenvalue weighted by atomic mass is 10.1. The molecule has 3 nitrogen and oxygen atoms in total. The minimum absolute atomic E-state index is 0.0458. The van der Waals surface area contributed by atoms with Gasteiger partial charge in [0.05, 0.1) is 19.3 Å². The van der Waals surface area contributed by atoms with Gasteiger partial charge in [0.2, 0.25) is 0 Å². The molecule has 1 atom stereocenters. The summed E-state index contributed by atoms with van der Waals surface area (Å²) >= 11 is 6.24. The monoisotopic (exact) mass is 285 g/mol. The zero-order chi connectivity index (χ0) is 14.3. The molecule has 0 aliphatic heterocycles. The maximum Gasteiger partial charge on any atom is 0.0964 e. The van der Waals surface area contributed by atoms with Crippen LogP contribution in [0, 0.1) is 0 Å². The third-order valence-corrected chi connectivity index (χ3v) is 3.02. The summed E-state index contributed by atoms with van der Waals surface area (Å²) in [6, 6.07) is 7.80. The molecule has 1 aromatic rings. The number of hydrogen-bond donors (Lipinski definition) is 1. The molecular weight excluding hydrogens is 262 g/mol. The maximum atomic E-state index is 6.24. The van der Waals surface area contributed by atoms with Crippen LogP contribution in [-0.2, 0) is 9.47 Å². The molecule has 4 heteroatoms. The molecule has 0 aromatic heterocycles. The van der Waals surface area contributed by atoms with Crippen LogP contribution in [0.25, 0.3) is 0 Å². The van der Waals surface area contributed by atoms with Crippen LogP contribution >= 0.6 is 11.6 Å². The highest BCUT2D eigenvalue weighted by atomic mass is 35.5. The van der Waals surface area contributed by atoms with Crippen LogP contribution in [0.4, 0.5) is 0 Å². The molecule has 0 radical (unpaired) electrons. The van der Waals surface area contributed by atoms with Gasteiger partial charge in [0.15, 0.2) is 0 Å². The van der Waals surface area contributed by atoms with Gasteiger partial charge < -0.3 is 14.8 Å². The molecule has 0 aliphatic rings. The Morgan fingerprint density at radius 1 is 1.21 bits per heavy atom. The number of hydrogen-bond acceptors (Lipinski definition) is 3. The third-order valence-electron chi connectivity index (χ3n) is 2.68. The van der Waals surface area contributed by atoms with Gasteiger partial charge in [-0.2, -0.15) is 0 Å². The van der Waals surface area contributed by atoms with Crippen LogP contribution in [0.3, 0.4) is 0 Å². The van der Waals surface area contributed by atoms with E-state index in [9.17, 15) is 0 Å². The first-order chi connectivity index (χ1) is 8.94. The lowest BCUT2D eigenvalue weighted by molar-refractivity contribution is 0.0140. The second-order valence-corrected chi connectivity index (χ2v) is 5.91. The minimum atomic E-state index is -0.0666. The maximum absolute atomic E-state index is 6.24. The minimum Gasteiger partial charge on any atom is -0.382 e. The Morgan fingerprint density at radius 2 is 1.89 bits per heavy atom. The predicted octanol–water partition coefficient (Wildman–Crippen LogP) is 3.43. The molecule has 0 fully saturated rings. The second-order valence-electron chi connectivity index (χ2n) is 5.50. The Kier molecular flexibility index (Phi) is 6.80. The van der Waals surface area contributed by atoms with Crippen LogP contribution in [0.2, 0.25) is 5.02 Å². The fourth-order valence-electron chi connectivity index (χ4n) is 1.67. The molecule has 0 bridgehead atoms. The molecule has 0 spiro atoms. The first-order valence-electron chi connectivity index (χ1n) is 6.54. The van der Waals surface area contributed by atoms with E-state index >= 15 is 0 Å². The lowest BCUT2D eigenvalue weighted by Crippen LogP contribution is -2.39. The Balaban J connectivity index is 2.71. The van der Waals surface area contributed by atoms with E-state index in [2.05, 4.69) is 26.1 Å². The normalized spacial score (nSPS) is 13.5. The van der Waals surface area contributed by atoms with Crippen molar-refractivity contribution < 1.29 is 9.47 Å². The van der Waals surface area contributed by atoms with E-state index in [1.54, 1.807) is 7.11 Å². The zero-order valence-electron chi connectivity index (χ0n) is 12.2. The van der Waals surface area contributed by atoms with Crippen LogP contribution in [0.5, 0.6) is 0 Å². The Hall–Kier alpha value is -0.610. The van der Waals surface area contributed by atoms with Crippen molar-refractivity contribution in [3.63, 3.8) is 0 Å². The van der Waals surface area contributed by atoms with Gasteiger partial charge in [0.25, 0.3) is 0 Å². The summed E-state index contributed by atoms with van der Waals surface area (Å²) in [7, 11) is 1.67. The van der Waals surface area contributed by atoms with E-state index in [1.807, 2.05) is 24.3 Å². The first-order valence-corrected chi connectivity index (χ1v) is 6.92. The highest BCUT2D eigenvalue weighted by Gasteiger charge is 2.18. The third kappa shape index (κ3) is 6.39. The van der Waals surface area contributed by atoms with Gasteiger partial charge in [-0.1, -0.05) is 29.8 Å². The number of nitrogens with one attached hydrogen (secondary N) is 1. The van der Waals surface area contributed by atoms with E-state index in [0.717, 1.165) is 17.1 Å². The highest BCUT2D eigenvalue weighted by molar-refractivity contribution is 6.31. The highest BCUT2D eigenvalue weighted by Crippen LogP contribution is 2.25. The molecular formula is C15H24ClNO2. The van der Waals surface area contributed by atoms with Crippen molar-refractivity contribution >= 4 is 11.6 Å². The standard InChI is InChI=1S/C15H24ClNO2/c1-15(2,3)17-11-14(19-10-9-18-4)12-7-5-6-8-13(12)16/h5-8,14,17H,9-11H2,1-4H3. The first kappa shape index (κ1) is 16.4. The molecule has 1 N–H and O–H groups in total. The topological polar surface area (TPSA) is 30.5 Å². The average Bonchev–Trinajstić information content (AvgIpc) is 2.33.